The van der Waals surface area contributed by atoms with E-state index in [1.807, 2.05) is 41.9 Å². The molecular formula is C19H24N4O3. The highest BCUT2D eigenvalue weighted by molar-refractivity contribution is 5.95. The van der Waals surface area contributed by atoms with Gasteiger partial charge in [0.15, 0.2) is 0 Å². The Bertz CT molecular complexity index is 772. The Kier molecular flexibility index (Phi) is 5.55. The van der Waals surface area contributed by atoms with Gasteiger partial charge in [0.1, 0.15) is 0 Å². The number of carbonyl (C=O) groups is 2. The second-order valence-electron chi connectivity index (χ2n) is 6.21. The molecule has 3 rings (SSSR count). The second kappa shape index (κ2) is 8.03. The Morgan fingerprint density at radius 1 is 1.08 bits per heavy atom. The van der Waals surface area contributed by atoms with Crippen molar-refractivity contribution < 1.29 is 14.3 Å². The highest BCUT2D eigenvalue weighted by Crippen LogP contribution is 2.18. The van der Waals surface area contributed by atoms with Crippen molar-refractivity contribution in [2.75, 3.05) is 33.3 Å². The van der Waals surface area contributed by atoms with Gasteiger partial charge in [-0.05, 0) is 25.0 Å². The number of benzene rings is 1. The number of ether oxygens (including phenoxy) is 1. The van der Waals surface area contributed by atoms with E-state index in [1.54, 1.807) is 16.0 Å². The number of hydrogen-bond acceptors (Lipinski definition) is 4. The molecule has 1 aliphatic rings. The fourth-order valence-corrected chi connectivity index (χ4v) is 3.29. The van der Waals surface area contributed by atoms with Gasteiger partial charge in [-0.2, -0.15) is 5.10 Å². The SMILES string of the molecule is CCc1c(C(=O)N2CCCN(C(=O)OC)CC2)cnn1-c1ccccc1. The first-order chi connectivity index (χ1) is 12.7. The minimum Gasteiger partial charge on any atom is -0.453 e. The van der Waals surface area contributed by atoms with Crippen LogP contribution >= 0.6 is 0 Å². The van der Waals surface area contributed by atoms with Gasteiger partial charge >= 0.3 is 6.09 Å². The number of amides is 2. The number of methoxy groups -OCH3 is 1. The van der Waals surface area contributed by atoms with Crippen molar-refractivity contribution in [3.05, 3.63) is 47.8 Å². The molecule has 0 saturated carbocycles. The largest absolute Gasteiger partial charge is 0.453 e. The van der Waals surface area contributed by atoms with Crippen molar-refractivity contribution in [3.63, 3.8) is 0 Å². The molecule has 7 nitrogen and oxygen atoms in total. The summed E-state index contributed by atoms with van der Waals surface area (Å²) >= 11 is 0. The van der Waals surface area contributed by atoms with Crippen molar-refractivity contribution in [2.24, 2.45) is 0 Å². The number of rotatable bonds is 3. The van der Waals surface area contributed by atoms with Crippen LogP contribution in [-0.2, 0) is 11.2 Å². The van der Waals surface area contributed by atoms with Crippen LogP contribution in [0.15, 0.2) is 36.5 Å². The van der Waals surface area contributed by atoms with E-state index >= 15 is 0 Å². The molecule has 1 aliphatic heterocycles. The van der Waals surface area contributed by atoms with E-state index in [0.717, 1.165) is 17.8 Å². The lowest BCUT2D eigenvalue weighted by Gasteiger charge is -2.21. The maximum Gasteiger partial charge on any atom is 0.409 e. The van der Waals surface area contributed by atoms with Crippen LogP contribution in [-0.4, -0.2) is 64.9 Å². The van der Waals surface area contributed by atoms with Gasteiger partial charge in [-0.25, -0.2) is 9.48 Å². The quantitative estimate of drug-likeness (QED) is 0.847. The monoisotopic (exact) mass is 356 g/mol. The van der Waals surface area contributed by atoms with Crippen molar-refractivity contribution in [2.45, 2.75) is 19.8 Å². The second-order valence-corrected chi connectivity index (χ2v) is 6.21. The van der Waals surface area contributed by atoms with Gasteiger partial charge in [-0.3, -0.25) is 4.79 Å². The van der Waals surface area contributed by atoms with Crippen molar-refractivity contribution in [1.82, 2.24) is 19.6 Å². The lowest BCUT2D eigenvalue weighted by atomic mass is 10.1. The van der Waals surface area contributed by atoms with Gasteiger partial charge in [-0.15, -0.1) is 0 Å². The molecule has 1 fully saturated rings. The topological polar surface area (TPSA) is 67.7 Å². The molecule has 2 aromatic rings. The van der Waals surface area contributed by atoms with E-state index in [9.17, 15) is 9.59 Å². The highest BCUT2D eigenvalue weighted by Gasteiger charge is 2.26. The van der Waals surface area contributed by atoms with Crippen LogP contribution in [0.1, 0.15) is 29.4 Å². The van der Waals surface area contributed by atoms with Crippen LogP contribution < -0.4 is 0 Å². The molecule has 1 saturated heterocycles. The van der Waals surface area contributed by atoms with Crippen LogP contribution in [0.25, 0.3) is 5.69 Å². The Hall–Kier alpha value is -2.83. The van der Waals surface area contributed by atoms with Gasteiger partial charge in [0.2, 0.25) is 0 Å². The number of hydrogen-bond donors (Lipinski definition) is 0. The molecule has 2 heterocycles. The summed E-state index contributed by atoms with van der Waals surface area (Å²) in [5, 5.41) is 4.44. The normalized spacial score (nSPS) is 14.8. The van der Waals surface area contributed by atoms with Gasteiger partial charge in [0, 0.05) is 26.2 Å². The Balaban J connectivity index is 1.80. The van der Waals surface area contributed by atoms with Crippen LogP contribution in [0.5, 0.6) is 0 Å². The molecule has 2 amide bonds. The van der Waals surface area contributed by atoms with Gasteiger partial charge < -0.3 is 14.5 Å². The van der Waals surface area contributed by atoms with Crippen molar-refractivity contribution in [3.8, 4) is 5.69 Å². The van der Waals surface area contributed by atoms with Crippen LogP contribution in [0.2, 0.25) is 0 Å². The summed E-state index contributed by atoms with van der Waals surface area (Å²) in [5.41, 5.74) is 2.47. The summed E-state index contributed by atoms with van der Waals surface area (Å²) in [5.74, 6) is -0.0317. The molecule has 0 N–H and O–H groups in total. The molecular weight excluding hydrogens is 332 g/mol. The van der Waals surface area contributed by atoms with Gasteiger partial charge in [0.05, 0.1) is 30.3 Å². The fourth-order valence-electron chi connectivity index (χ4n) is 3.29. The third-order valence-electron chi connectivity index (χ3n) is 4.65. The lowest BCUT2D eigenvalue weighted by molar-refractivity contribution is 0.0756. The lowest BCUT2D eigenvalue weighted by Crippen LogP contribution is -2.37. The smallest absolute Gasteiger partial charge is 0.409 e. The molecule has 138 valence electrons. The summed E-state index contributed by atoms with van der Waals surface area (Å²) in [6.45, 7) is 4.21. The average molecular weight is 356 g/mol. The van der Waals surface area contributed by atoms with Crippen LogP contribution in [0, 0.1) is 0 Å². The third kappa shape index (κ3) is 3.56. The standard InChI is InChI=1S/C19H24N4O3/c1-3-17-16(14-20-23(17)15-8-5-4-6-9-15)18(24)21-10-7-11-22(13-12-21)19(25)26-2/h4-6,8-9,14H,3,7,10-13H2,1-2H3. The summed E-state index contributed by atoms with van der Waals surface area (Å²) in [6.07, 6.45) is 2.75. The predicted octanol–water partition coefficient (Wildman–Crippen LogP) is 2.35. The van der Waals surface area contributed by atoms with Crippen LogP contribution in [0.3, 0.4) is 0 Å². The maximum absolute atomic E-state index is 13.1. The first-order valence-corrected chi connectivity index (χ1v) is 8.90. The minimum absolute atomic E-state index is 0.0317. The molecule has 1 aromatic heterocycles. The van der Waals surface area contributed by atoms with Gasteiger partial charge in [0.25, 0.3) is 5.91 Å². The van der Waals surface area contributed by atoms with E-state index in [2.05, 4.69) is 5.10 Å². The van der Waals surface area contributed by atoms with E-state index in [1.165, 1.54) is 7.11 Å². The van der Waals surface area contributed by atoms with E-state index in [0.29, 0.717) is 38.2 Å². The predicted molar refractivity (Wildman–Crippen MR) is 97.4 cm³/mol. The average Bonchev–Trinajstić information content (AvgIpc) is 2.96. The zero-order valence-corrected chi connectivity index (χ0v) is 15.2. The molecule has 0 unspecified atom stereocenters. The van der Waals surface area contributed by atoms with Crippen molar-refractivity contribution in [1.29, 1.82) is 0 Å². The van der Waals surface area contributed by atoms with E-state index in [-0.39, 0.29) is 12.0 Å². The molecule has 0 aliphatic carbocycles. The van der Waals surface area contributed by atoms with E-state index in [4.69, 9.17) is 4.74 Å². The number of nitrogens with zero attached hydrogens (tertiary/aromatic N) is 4. The number of aromatic nitrogens is 2. The molecule has 1 aromatic carbocycles. The third-order valence-corrected chi connectivity index (χ3v) is 4.65. The molecule has 0 radical (unpaired) electrons. The summed E-state index contributed by atoms with van der Waals surface area (Å²) in [4.78, 5) is 28.2. The summed E-state index contributed by atoms with van der Waals surface area (Å²) in [7, 11) is 1.38. The number of para-hydroxylation sites is 1. The molecule has 7 heteroatoms. The minimum atomic E-state index is -0.342. The molecule has 26 heavy (non-hydrogen) atoms. The van der Waals surface area contributed by atoms with Crippen molar-refractivity contribution >= 4 is 12.0 Å². The van der Waals surface area contributed by atoms with Crippen LogP contribution in [0.4, 0.5) is 4.79 Å². The van der Waals surface area contributed by atoms with Gasteiger partial charge in [-0.1, -0.05) is 25.1 Å². The fraction of sp³-hybridized carbons (Fsp3) is 0.421. The number of carbonyl (C=O) groups excluding carboxylic acids is 2. The van der Waals surface area contributed by atoms with E-state index < -0.39 is 0 Å². The molecule has 0 spiro atoms. The molecule has 0 atom stereocenters. The maximum atomic E-state index is 13.1. The first-order valence-electron chi connectivity index (χ1n) is 8.90. The Morgan fingerprint density at radius 3 is 2.46 bits per heavy atom. The Morgan fingerprint density at radius 2 is 1.77 bits per heavy atom. The zero-order chi connectivity index (χ0) is 18.5. The summed E-state index contributed by atoms with van der Waals surface area (Å²) in [6, 6.07) is 9.80. The highest BCUT2D eigenvalue weighted by atomic mass is 16.5. The zero-order valence-electron chi connectivity index (χ0n) is 15.2. The first kappa shape index (κ1) is 18.0. The summed E-state index contributed by atoms with van der Waals surface area (Å²) < 4.78 is 6.61. The Labute approximate surface area is 153 Å². The molecule has 0 bridgehead atoms.